The number of carboxylic acids is 1. The Balaban J connectivity index is 2.32. The van der Waals surface area contributed by atoms with Crippen molar-refractivity contribution in [2.75, 3.05) is 19.6 Å². The van der Waals surface area contributed by atoms with E-state index in [9.17, 15) is 14.4 Å². The molecule has 0 aromatic heterocycles. The standard InChI is InChI=1S/C13H23N3O4/c1-3-10(12(18)19)8-14-13(20)16-6-4-11(5-7-16)15-9(2)17/h10-11H,3-8H2,1-2H3,(H,14,20)(H,15,17)(H,18,19). The Bertz CT molecular complexity index is 365. The van der Waals surface area contributed by atoms with Crippen LogP contribution in [0.4, 0.5) is 4.79 Å². The van der Waals surface area contributed by atoms with Crippen LogP contribution in [-0.4, -0.2) is 53.6 Å². The lowest BCUT2D eigenvalue weighted by atomic mass is 10.1. The van der Waals surface area contributed by atoms with Gasteiger partial charge < -0.3 is 20.6 Å². The van der Waals surface area contributed by atoms with E-state index in [1.807, 2.05) is 0 Å². The largest absolute Gasteiger partial charge is 0.481 e. The van der Waals surface area contributed by atoms with Gasteiger partial charge in [0.2, 0.25) is 5.91 Å². The van der Waals surface area contributed by atoms with Crippen LogP contribution in [0.25, 0.3) is 0 Å². The zero-order valence-electron chi connectivity index (χ0n) is 12.0. The minimum Gasteiger partial charge on any atom is -0.481 e. The van der Waals surface area contributed by atoms with E-state index < -0.39 is 11.9 Å². The van der Waals surface area contributed by atoms with Crippen LogP contribution in [0.3, 0.4) is 0 Å². The van der Waals surface area contributed by atoms with Gasteiger partial charge in [-0.2, -0.15) is 0 Å². The summed E-state index contributed by atoms with van der Waals surface area (Å²) in [6.45, 7) is 4.55. The van der Waals surface area contributed by atoms with Gasteiger partial charge in [0.1, 0.15) is 0 Å². The minimum atomic E-state index is -0.892. The van der Waals surface area contributed by atoms with Gasteiger partial charge in [-0.25, -0.2) is 4.79 Å². The third kappa shape index (κ3) is 5.07. The van der Waals surface area contributed by atoms with E-state index in [2.05, 4.69) is 10.6 Å². The monoisotopic (exact) mass is 285 g/mol. The van der Waals surface area contributed by atoms with E-state index in [1.165, 1.54) is 6.92 Å². The second-order valence-electron chi connectivity index (χ2n) is 5.09. The SMILES string of the molecule is CCC(CNC(=O)N1CCC(NC(C)=O)CC1)C(=O)O. The van der Waals surface area contributed by atoms with Crippen molar-refractivity contribution < 1.29 is 19.5 Å². The average molecular weight is 285 g/mol. The molecule has 0 radical (unpaired) electrons. The van der Waals surface area contributed by atoms with E-state index in [-0.39, 0.29) is 24.5 Å². The number of rotatable bonds is 5. The predicted octanol–water partition coefficient (Wildman–Crippen LogP) is 0.407. The number of nitrogens with one attached hydrogen (secondary N) is 2. The molecule has 1 aliphatic rings. The number of likely N-dealkylation sites (tertiary alicyclic amines) is 1. The van der Waals surface area contributed by atoms with Crippen molar-refractivity contribution in [3.8, 4) is 0 Å². The van der Waals surface area contributed by atoms with E-state index in [0.717, 1.165) is 12.8 Å². The van der Waals surface area contributed by atoms with Crippen molar-refractivity contribution in [1.29, 1.82) is 0 Å². The molecule has 1 saturated heterocycles. The lowest BCUT2D eigenvalue weighted by molar-refractivity contribution is -0.141. The quantitative estimate of drug-likeness (QED) is 0.681. The number of hydrogen-bond donors (Lipinski definition) is 3. The molecule has 114 valence electrons. The zero-order chi connectivity index (χ0) is 15.1. The lowest BCUT2D eigenvalue weighted by Gasteiger charge is -2.32. The molecule has 1 aliphatic heterocycles. The molecule has 0 aromatic rings. The van der Waals surface area contributed by atoms with Crippen LogP contribution in [0.15, 0.2) is 0 Å². The lowest BCUT2D eigenvalue weighted by Crippen LogP contribution is -2.50. The molecular formula is C13H23N3O4. The molecular weight excluding hydrogens is 262 g/mol. The molecule has 0 spiro atoms. The number of carbonyl (C=O) groups is 3. The normalized spacial score (nSPS) is 17.4. The van der Waals surface area contributed by atoms with Gasteiger partial charge in [-0.05, 0) is 19.3 Å². The number of piperidine rings is 1. The molecule has 1 heterocycles. The molecule has 7 nitrogen and oxygen atoms in total. The number of urea groups is 1. The van der Waals surface area contributed by atoms with Crippen LogP contribution in [0.1, 0.15) is 33.1 Å². The summed E-state index contributed by atoms with van der Waals surface area (Å²) in [7, 11) is 0. The Morgan fingerprint density at radius 3 is 2.35 bits per heavy atom. The maximum atomic E-state index is 11.9. The molecule has 3 N–H and O–H groups in total. The van der Waals surface area contributed by atoms with Gasteiger partial charge in [0, 0.05) is 32.6 Å². The smallest absolute Gasteiger partial charge is 0.317 e. The Morgan fingerprint density at radius 2 is 1.90 bits per heavy atom. The third-order valence-electron chi connectivity index (χ3n) is 3.53. The van der Waals surface area contributed by atoms with Gasteiger partial charge >= 0.3 is 12.0 Å². The molecule has 0 aliphatic carbocycles. The van der Waals surface area contributed by atoms with Gasteiger partial charge in [0.05, 0.1) is 5.92 Å². The second kappa shape index (κ2) is 7.72. The van der Waals surface area contributed by atoms with Crippen molar-refractivity contribution in [2.24, 2.45) is 5.92 Å². The molecule has 1 fully saturated rings. The summed E-state index contributed by atoms with van der Waals surface area (Å²) in [4.78, 5) is 35.4. The zero-order valence-corrected chi connectivity index (χ0v) is 12.0. The van der Waals surface area contributed by atoms with Crippen LogP contribution < -0.4 is 10.6 Å². The third-order valence-corrected chi connectivity index (χ3v) is 3.53. The summed E-state index contributed by atoms with van der Waals surface area (Å²) in [5.74, 6) is -1.49. The highest BCUT2D eigenvalue weighted by atomic mass is 16.4. The van der Waals surface area contributed by atoms with Gasteiger partial charge in [-0.15, -0.1) is 0 Å². The number of aliphatic carboxylic acids is 1. The first-order valence-corrected chi connectivity index (χ1v) is 6.96. The maximum absolute atomic E-state index is 11.9. The molecule has 1 atom stereocenters. The Kier molecular flexibility index (Phi) is 6.27. The maximum Gasteiger partial charge on any atom is 0.317 e. The molecule has 3 amide bonds. The molecule has 1 rings (SSSR count). The first kappa shape index (κ1) is 16.3. The number of amides is 3. The molecule has 0 saturated carbocycles. The summed E-state index contributed by atoms with van der Waals surface area (Å²) < 4.78 is 0. The van der Waals surface area contributed by atoms with Crippen LogP contribution in [-0.2, 0) is 9.59 Å². The number of carboxylic acid groups (broad SMARTS) is 1. The Labute approximate surface area is 118 Å². The van der Waals surface area contributed by atoms with E-state index in [1.54, 1.807) is 11.8 Å². The first-order valence-electron chi connectivity index (χ1n) is 6.96. The first-order chi connectivity index (χ1) is 9.43. The molecule has 20 heavy (non-hydrogen) atoms. The van der Waals surface area contributed by atoms with Crippen LogP contribution in [0, 0.1) is 5.92 Å². The van der Waals surface area contributed by atoms with E-state index >= 15 is 0 Å². The summed E-state index contributed by atoms with van der Waals surface area (Å²) in [6, 6.07) is -0.107. The highest BCUT2D eigenvalue weighted by Gasteiger charge is 2.24. The molecule has 0 bridgehead atoms. The topological polar surface area (TPSA) is 98.7 Å². The highest BCUT2D eigenvalue weighted by Crippen LogP contribution is 2.10. The van der Waals surface area contributed by atoms with Crippen LogP contribution >= 0.6 is 0 Å². The van der Waals surface area contributed by atoms with Crippen molar-refractivity contribution in [1.82, 2.24) is 15.5 Å². The minimum absolute atomic E-state index is 0.0554. The molecule has 0 aromatic carbocycles. The average Bonchev–Trinajstić information content (AvgIpc) is 2.39. The Hall–Kier alpha value is -1.79. The van der Waals surface area contributed by atoms with Crippen LogP contribution in [0.5, 0.6) is 0 Å². The fourth-order valence-electron chi connectivity index (χ4n) is 2.24. The van der Waals surface area contributed by atoms with E-state index in [4.69, 9.17) is 5.11 Å². The summed E-state index contributed by atoms with van der Waals surface area (Å²) >= 11 is 0. The molecule has 1 unspecified atom stereocenters. The van der Waals surface area contributed by atoms with Gasteiger partial charge in [0.25, 0.3) is 0 Å². The highest BCUT2D eigenvalue weighted by molar-refractivity contribution is 5.76. The number of hydrogen-bond acceptors (Lipinski definition) is 3. The Morgan fingerprint density at radius 1 is 1.30 bits per heavy atom. The summed E-state index contributed by atoms with van der Waals surface area (Å²) in [5.41, 5.74) is 0. The summed E-state index contributed by atoms with van der Waals surface area (Å²) in [5, 5.41) is 14.4. The predicted molar refractivity (Wildman–Crippen MR) is 73.2 cm³/mol. The molecule has 7 heteroatoms. The van der Waals surface area contributed by atoms with E-state index in [0.29, 0.717) is 19.5 Å². The van der Waals surface area contributed by atoms with Gasteiger partial charge in [-0.3, -0.25) is 9.59 Å². The summed E-state index contributed by atoms with van der Waals surface area (Å²) in [6.07, 6.45) is 1.94. The van der Waals surface area contributed by atoms with Crippen LogP contribution in [0.2, 0.25) is 0 Å². The number of carbonyl (C=O) groups excluding carboxylic acids is 2. The fourth-order valence-corrected chi connectivity index (χ4v) is 2.24. The number of nitrogens with zero attached hydrogens (tertiary/aromatic N) is 1. The van der Waals surface area contributed by atoms with Gasteiger partial charge in [-0.1, -0.05) is 6.92 Å². The van der Waals surface area contributed by atoms with Crippen molar-refractivity contribution in [3.05, 3.63) is 0 Å². The van der Waals surface area contributed by atoms with Crippen molar-refractivity contribution >= 4 is 17.9 Å². The van der Waals surface area contributed by atoms with Crippen molar-refractivity contribution in [2.45, 2.75) is 39.2 Å². The van der Waals surface area contributed by atoms with Gasteiger partial charge in [0.15, 0.2) is 0 Å². The fraction of sp³-hybridized carbons (Fsp3) is 0.769. The second-order valence-corrected chi connectivity index (χ2v) is 5.09. The van der Waals surface area contributed by atoms with Crippen molar-refractivity contribution in [3.63, 3.8) is 0 Å².